The standard InChI is InChI=1S/C19H21NO4S/c1-22-13-8-9-15(17(12-13)24-3)19-20(10-11-25-19)18(21)14-6-4-5-7-16(14)23-2/h4-9,12,19H,10-11H2,1-3H3/t19-/m0/s1. The Hall–Kier alpha value is -2.34. The van der Waals surface area contributed by atoms with Gasteiger partial charge in [0, 0.05) is 23.9 Å². The molecule has 1 aliphatic heterocycles. The van der Waals surface area contributed by atoms with Crippen molar-refractivity contribution in [3.63, 3.8) is 0 Å². The van der Waals surface area contributed by atoms with E-state index in [1.807, 2.05) is 35.2 Å². The molecule has 6 heteroatoms. The van der Waals surface area contributed by atoms with Gasteiger partial charge in [0.25, 0.3) is 5.91 Å². The van der Waals surface area contributed by atoms with Gasteiger partial charge in [0.15, 0.2) is 0 Å². The third kappa shape index (κ3) is 3.39. The maximum atomic E-state index is 13.1. The minimum atomic E-state index is -0.0988. The molecule has 1 saturated heterocycles. The molecule has 25 heavy (non-hydrogen) atoms. The zero-order valence-electron chi connectivity index (χ0n) is 14.5. The topological polar surface area (TPSA) is 48.0 Å². The first-order valence-corrected chi connectivity index (χ1v) is 9.02. The molecule has 0 aliphatic carbocycles. The first kappa shape index (κ1) is 17.5. The molecule has 3 rings (SSSR count). The molecule has 2 aromatic carbocycles. The van der Waals surface area contributed by atoms with Crippen molar-refractivity contribution in [3.8, 4) is 17.2 Å². The normalized spacial score (nSPS) is 16.6. The highest BCUT2D eigenvalue weighted by atomic mass is 32.2. The summed E-state index contributed by atoms with van der Waals surface area (Å²) >= 11 is 1.73. The number of ether oxygens (including phenoxy) is 3. The van der Waals surface area contributed by atoms with Crippen LogP contribution in [0.5, 0.6) is 17.2 Å². The van der Waals surface area contributed by atoms with Crippen molar-refractivity contribution in [1.29, 1.82) is 0 Å². The number of thioether (sulfide) groups is 1. The van der Waals surface area contributed by atoms with Gasteiger partial charge in [-0.2, -0.15) is 0 Å². The third-order valence-electron chi connectivity index (χ3n) is 4.20. The Morgan fingerprint density at radius 2 is 1.80 bits per heavy atom. The summed E-state index contributed by atoms with van der Waals surface area (Å²) in [4.78, 5) is 15.0. The molecule has 0 bridgehead atoms. The van der Waals surface area contributed by atoms with Crippen LogP contribution in [0.3, 0.4) is 0 Å². The molecule has 2 aromatic rings. The van der Waals surface area contributed by atoms with Crippen LogP contribution in [0, 0.1) is 0 Å². The number of amides is 1. The Kier molecular flexibility index (Phi) is 5.38. The zero-order valence-corrected chi connectivity index (χ0v) is 15.3. The number of rotatable bonds is 5. The van der Waals surface area contributed by atoms with Crippen LogP contribution in [-0.2, 0) is 0 Å². The highest BCUT2D eigenvalue weighted by Gasteiger charge is 2.34. The second kappa shape index (κ2) is 7.70. The SMILES string of the molecule is COc1ccc([C@@H]2SCCN2C(=O)c2ccccc2OC)c(OC)c1. The van der Waals surface area contributed by atoms with E-state index in [-0.39, 0.29) is 11.3 Å². The van der Waals surface area contributed by atoms with Gasteiger partial charge in [0.2, 0.25) is 0 Å². The van der Waals surface area contributed by atoms with Crippen LogP contribution in [0.15, 0.2) is 42.5 Å². The summed E-state index contributed by atoms with van der Waals surface area (Å²) in [6, 6.07) is 13.0. The smallest absolute Gasteiger partial charge is 0.258 e. The molecule has 0 unspecified atom stereocenters. The summed E-state index contributed by atoms with van der Waals surface area (Å²) in [5.74, 6) is 2.87. The predicted molar refractivity (Wildman–Crippen MR) is 98.8 cm³/mol. The van der Waals surface area contributed by atoms with Crippen LogP contribution in [0.1, 0.15) is 21.3 Å². The van der Waals surface area contributed by atoms with Gasteiger partial charge in [-0.1, -0.05) is 12.1 Å². The highest BCUT2D eigenvalue weighted by molar-refractivity contribution is 7.99. The lowest BCUT2D eigenvalue weighted by Crippen LogP contribution is -2.30. The molecule has 0 saturated carbocycles. The van der Waals surface area contributed by atoms with Crippen molar-refractivity contribution in [1.82, 2.24) is 4.90 Å². The van der Waals surface area contributed by atoms with Crippen LogP contribution in [0.4, 0.5) is 0 Å². The maximum absolute atomic E-state index is 13.1. The lowest BCUT2D eigenvalue weighted by molar-refractivity contribution is 0.0756. The Morgan fingerprint density at radius 1 is 1.04 bits per heavy atom. The lowest BCUT2D eigenvalue weighted by atomic mass is 10.1. The van der Waals surface area contributed by atoms with Crippen LogP contribution >= 0.6 is 11.8 Å². The summed E-state index contributed by atoms with van der Waals surface area (Å²) in [7, 11) is 4.83. The van der Waals surface area contributed by atoms with Gasteiger partial charge in [-0.25, -0.2) is 0 Å². The van der Waals surface area contributed by atoms with Crippen LogP contribution in [0.2, 0.25) is 0 Å². The zero-order chi connectivity index (χ0) is 17.8. The van der Waals surface area contributed by atoms with E-state index >= 15 is 0 Å². The van der Waals surface area contributed by atoms with Crippen molar-refractivity contribution in [2.75, 3.05) is 33.6 Å². The largest absolute Gasteiger partial charge is 0.497 e. The molecule has 1 fully saturated rings. The first-order valence-electron chi connectivity index (χ1n) is 7.97. The van der Waals surface area contributed by atoms with E-state index in [1.54, 1.807) is 45.2 Å². The van der Waals surface area contributed by atoms with Gasteiger partial charge in [-0.3, -0.25) is 4.79 Å². The fraction of sp³-hybridized carbons (Fsp3) is 0.316. The van der Waals surface area contributed by atoms with Gasteiger partial charge >= 0.3 is 0 Å². The number of hydrogen-bond acceptors (Lipinski definition) is 5. The van der Waals surface area contributed by atoms with Gasteiger partial charge in [-0.15, -0.1) is 11.8 Å². The average Bonchev–Trinajstić information content (AvgIpc) is 3.16. The van der Waals surface area contributed by atoms with Crippen molar-refractivity contribution in [2.24, 2.45) is 0 Å². The van der Waals surface area contributed by atoms with E-state index in [2.05, 4.69) is 0 Å². The molecule has 0 aromatic heterocycles. The summed E-state index contributed by atoms with van der Waals surface area (Å²) in [6.07, 6.45) is 0. The van der Waals surface area contributed by atoms with E-state index in [9.17, 15) is 4.79 Å². The van der Waals surface area contributed by atoms with E-state index < -0.39 is 0 Å². The molecule has 0 N–H and O–H groups in total. The monoisotopic (exact) mass is 359 g/mol. The van der Waals surface area contributed by atoms with E-state index in [1.165, 1.54) is 0 Å². The van der Waals surface area contributed by atoms with Gasteiger partial charge < -0.3 is 19.1 Å². The molecule has 0 spiro atoms. The maximum Gasteiger partial charge on any atom is 0.258 e. The quantitative estimate of drug-likeness (QED) is 0.816. The lowest BCUT2D eigenvalue weighted by Gasteiger charge is -2.26. The Labute approximate surface area is 151 Å². The van der Waals surface area contributed by atoms with E-state index in [4.69, 9.17) is 14.2 Å². The number of para-hydroxylation sites is 1. The van der Waals surface area contributed by atoms with Crippen molar-refractivity contribution in [3.05, 3.63) is 53.6 Å². The molecule has 1 atom stereocenters. The third-order valence-corrected chi connectivity index (χ3v) is 5.44. The van der Waals surface area contributed by atoms with Gasteiger partial charge in [-0.05, 0) is 24.3 Å². The number of hydrogen-bond donors (Lipinski definition) is 0. The molecule has 1 heterocycles. The fourth-order valence-electron chi connectivity index (χ4n) is 2.93. The van der Waals surface area contributed by atoms with Crippen molar-refractivity contribution in [2.45, 2.75) is 5.37 Å². The minimum absolute atomic E-state index is 0.0367. The van der Waals surface area contributed by atoms with E-state index in [0.717, 1.165) is 22.8 Å². The van der Waals surface area contributed by atoms with Crippen molar-refractivity contribution >= 4 is 17.7 Å². The average molecular weight is 359 g/mol. The number of nitrogens with zero attached hydrogens (tertiary/aromatic N) is 1. The number of carbonyl (C=O) groups excluding carboxylic acids is 1. The number of methoxy groups -OCH3 is 3. The predicted octanol–water partition coefficient (Wildman–Crippen LogP) is 3.60. The Bertz CT molecular complexity index is 765. The molecule has 5 nitrogen and oxygen atoms in total. The highest BCUT2D eigenvalue weighted by Crippen LogP contribution is 2.44. The molecule has 0 radical (unpaired) electrons. The van der Waals surface area contributed by atoms with Crippen LogP contribution < -0.4 is 14.2 Å². The molecule has 1 amide bonds. The summed E-state index contributed by atoms with van der Waals surface area (Å²) in [5, 5.41) is -0.0988. The van der Waals surface area contributed by atoms with Crippen molar-refractivity contribution < 1.29 is 19.0 Å². The Morgan fingerprint density at radius 3 is 2.52 bits per heavy atom. The summed E-state index contributed by atoms with van der Waals surface area (Å²) < 4.78 is 16.1. The molecule has 1 aliphatic rings. The Balaban J connectivity index is 1.94. The van der Waals surface area contributed by atoms with Crippen LogP contribution in [-0.4, -0.2) is 44.4 Å². The second-order valence-corrected chi connectivity index (χ2v) is 6.72. The number of carbonyl (C=O) groups is 1. The molecule has 132 valence electrons. The molecular formula is C19H21NO4S. The molecular weight excluding hydrogens is 338 g/mol. The number of benzene rings is 2. The first-order chi connectivity index (χ1) is 12.2. The van der Waals surface area contributed by atoms with Gasteiger partial charge in [0.1, 0.15) is 22.6 Å². The van der Waals surface area contributed by atoms with Crippen LogP contribution in [0.25, 0.3) is 0 Å². The summed E-state index contributed by atoms with van der Waals surface area (Å²) in [5.41, 5.74) is 1.54. The summed E-state index contributed by atoms with van der Waals surface area (Å²) in [6.45, 7) is 0.682. The van der Waals surface area contributed by atoms with E-state index in [0.29, 0.717) is 17.9 Å². The fourth-order valence-corrected chi connectivity index (χ4v) is 4.21. The minimum Gasteiger partial charge on any atom is -0.497 e. The van der Waals surface area contributed by atoms with Gasteiger partial charge in [0.05, 0.1) is 26.9 Å². The second-order valence-electron chi connectivity index (χ2n) is 5.53.